The van der Waals surface area contributed by atoms with Gasteiger partial charge in [0, 0.05) is 6.61 Å². The lowest BCUT2D eigenvalue weighted by atomic mass is 10.2. The maximum Gasteiger partial charge on any atom is 0.330 e. The molecule has 0 unspecified atom stereocenters. The third-order valence-corrected chi connectivity index (χ3v) is 10.5. The van der Waals surface area contributed by atoms with Crippen molar-refractivity contribution < 1.29 is 18.0 Å². The Hall–Kier alpha value is 0.327. The molecule has 0 aliphatic heterocycles. The van der Waals surface area contributed by atoms with Crippen LogP contribution in [0.5, 0.6) is 0 Å². The third kappa shape index (κ3) is 7.37. The van der Waals surface area contributed by atoms with Crippen LogP contribution >= 0.6 is 7.60 Å². The average molecular weight is 324 g/mol. The van der Waals surface area contributed by atoms with Crippen LogP contribution in [-0.4, -0.2) is 34.3 Å². The van der Waals surface area contributed by atoms with Crippen LogP contribution in [-0.2, 0) is 18.0 Å². The molecule has 0 atom stereocenters. The Morgan fingerprint density at radius 3 is 1.90 bits per heavy atom. The van der Waals surface area contributed by atoms with E-state index in [4.69, 9.17) is 13.5 Å². The summed E-state index contributed by atoms with van der Waals surface area (Å²) in [5.41, 5.74) is 0. The molecule has 0 spiro atoms. The minimum Gasteiger partial charge on any atom is -0.417 e. The van der Waals surface area contributed by atoms with Crippen molar-refractivity contribution in [3.05, 3.63) is 0 Å². The molecule has 0 aliphatic carbocycles. The second kappa shape index (κ2) is 8.69. The molecule has 0 aliphatic rings. The largest absolute Gasteiger partial charge is 0.417 e. The Morgan fingerprint density at radius 1 is 1.00 bits per heavy atom. The van der Waals surface area contributed by atoms with Gasteiger partial charge >= 0.3 is 7.60 Å². The Bertz CT molecular complexity index is 303. The normalized spacial score (nSPS) is 13.8. The molecule has 0 fully saturated rings. The van der Waals surface area contributed by atoms with Gasteiger partial charge in [0.1, 0.15) is 0 Å². The molecular formula is C14H33O4PSi. The summed E-state index contributed by atoms with van der Waals surface area (Å²) in [4.78, 5) is 0. The zero-order valence-corrected chi connectivity index (χ0v) is 16.2. The molecule has 0 aromatic heterocycles. The van der Waals surface area contributed by atoms with Gasteiger partial charge in [-0.15, -0.1) is 0 Å². The van der Waals surface area contributed by atoms with Crippen molar-refractivity contribution in [2.45, 2.75) is 65.6 Å². The monoisotopic (exact) mass is 324 g/mol. The third-order valence-electron chi connectivity index (χ3n) is 3.75. The highest BCUT2D eigenvalue weighted by Gasteiger charge is 2.36. The molecule has 0 heterocycles. The zero-order chi connectivity index (χ0) is 15.9. The van der Waals surface area contributed by atoms with Gasteiger partial charge in [-0.05, 0) is 44.8 Å². The predicted octanol–water partition coefficient (Wildman–Crippen LogP) is 5.05. The van der Waals surface area contributed by atoms with Crippen LogP contribution in [0, 0.1) is 0 Å². The smallest absolute Gasteiger partial charge is 0.330 e. The summed E-state index contributed by atoms with van der Waals surface area (Å²) in [5, 5.41) is 0.235. The van der Waals surface area contributed by atoms with Gasteiger partial charge in [-0.3, -0.25) is 4.57 Å². The Kier molecular flexibility index (Phi) is 8.83. The minimum absolute atomic E-state index is 0.235. The van der Waals surface area contributed by atoms with Crippen LogP contribution in [0.4, 0.5) is 0 Å². The summed E-state index contributed by atoms with van der Waals surface area (Å²) < 4.78 is 28.9. The van der Waals surface area contributed by atoms with Gasteiger partial charge in [0.25, 0.3) is 0 Å². The van der Waals surface area contributed by atoms with Crippen LogP contribution in [0.1, 0.15) is 47.5 Å². The summed E-state index contributed by atoms with van der Waals surface area (Å²) in [6.45, 7) is 16.5. The van der Waals surface area contributed by atoms with Gasteiger partial charge in [-0.1, -0.05) is 20.8 Å². The first kappa shape index (κ1) is 20.3. The van der Waals surface area contributed by atoms with Crippen molar-refractivity contribution in [1.29, 1.82) is 0 Å². The van der Waals surface area contributed by atoms with E-state index in [1.807, 2.05) is 13.8 Å². The van der Waals surface area contributed by atoms with E-state index in [-0.39, 0.29) is 5.04 Å². The Labute approximate surface area is 126 Å². The van der Waals surface area contributed by atoms with E-state index in [0.717, 1.165) is 19.4 Å². The first-order valence-electron chi connectivity index (χ1n) is 7.60. The van der Waals surface area contributed by atoms with Crippen molar-refractivity contribution in [3.63, 3.8) is 0 Å². The molecule has 0 bridgehead atoms. The number of rotatable bonds is 10. The predicted molar refractivity (Wildman–Crippen MR) is 88.1 cm³/mol. The van der Waals surface area contributed by atoms with Crippen molar-refractivity contribution in [3.8, 4) is 0 Å². The SMILES string of the molecule is CCOP(=O)(CCCCO[Si](C)(C)C(C)(C)C)OCC. The van der Waals surface area contributed by atoms with Gasteiger partial charge in [-0.25, -0.2) is 0 Å². The maximum absolute atomic E-state index is 12.3. The summed E-state index contributed by atoms with van der Waals surface area (Å²) in [6, 6.07) is 0. The van der Waals surface area contributed by atoms with Crippen molar-refractivity contribution >= 4 is 15.9 Å². The molecule has 0 saturated heterocycles. The molecule has 0 saturated carbocycles. The molecular weight excluding hydrogens is 291 g/mol. The van der Waals surface area contributed by atoms with E-state index < -0.39 is 15.9 Å². The highest BCUT2D eigenvalue weighted by molar-refractivity contribution is 7.53. The average Bonchev–Trinajstić information content (AvgIpc) is 2.27. The highest BCUT2D eigenvalue weighted by atomic mass is 31.2. The highest BCUT2D eigenvalue weighted by Crippen LogP contribution is 2.48. The summed E-state index contributed by atoms with van der Waals surface area (Å²) in [5.74, 6) is 0. The zero-order valence-electron chi connectivity index (χ0n) is 14.3. The van der Waals surface area contributed by atoms with Crippen LogP contribution in [0.2, 0.25) is 18.1 Å². The Morgan fingerprint density at radius 2 is 1.50 bits per heavy atom. The molecule has 0 rings (SSSR count). The first-order valence-corrected chi connectivity index (χ1v) is 12.2. The van der Waals surface area contributed by atoms with Crippen molar-refractivity contribution in [1.82, 2.24) is 0 Å². The minimum atomic E-state index is -2.88. The number of hydrogen-bond acceptors (Lipinski definition) is 4. The topological polar surface area (TPSA) is 44.8 Å². The van der Waals surface area contributed by atoms with Crippen LogP contribution in [0.15, 0.2) is 0 Å². The lowest BCUT2D eigenvalue weighted by molar-refractivity contribution is 0.218. The van der Waals surface area contributed by atoms with E-state index in [2.05, 4.69) is 33.9 Å². The van der Waals surface area contributed by atoms with E-state index >= 15 is 0 Å². The van der Waals surface area contributed by atoms with E-state index in [9.17, 15) is 4.57 Å². The van der Waals surface area contributed by atoms with E-state index in [1.54, 1.807) is 0 Å². The molecule has 0 amide bonds. The summed E-state index contributed by atoms with van der Waals surface area (Å²) >= 11 is 0. The Balaban J connectivity index is 4.05. The first-order chi connectivity index (χ1) is 9.08. The molecule has 20 heavy (non-hydrogen) atoms. The van der Waals surface area contributed by atoms with Crippen LogP contribution < -0.4 is 0 Å². The standard InChI is InChI=1S/C14H33O4PSi/c1-8-16-19(15,17-9-2)13-11-10-12-18-20(6,7)14(3,4)5/h8-13H2,1-7H3. The maximum atomic E-state index is 12.3. The molecule has 4 nitrogen and oxygen atoms in total. The lowest BCUT2D eigenvalue weighted by Gasteiger charge is -2.36. The fourth-order valence-corrected chi connectivity index (χ4v) is 4.33. The van der Waals surface area contributed by atoms with Gasteiger partial charge in [0.15, 0.2) is 8.32 Å². The van der Waals surface area contributed by atoms with Gasteiger partial charge in [0.05, 0.1) is 19.4 Å². The molecule has 0 aromatic carbocycles. The van der Waals surface area contributed by atoms with Crippen molar-refractivity contribution in [2.24, 2.45) is 0 Å². The second-order valence-electron chi connectivity index (χ2n) is 6.49. The van der Waals surface area contributed by atoms with E-state index in [1.165, 1.54) is 0 Å². The molecule has 0 radical (unpaired) electrons. The quantitative estimate of drug-likeness (QED) is 0.320. The molecule has 0 aromatic rings. The molecule has 0 N–H and O–H groups in total. The number of hydrogen-bond donors (Lipinski definition) is 0. The van der Waals surface area contributed by atoms with E-state index in [0.29, 0.717) is 19.4 Å². The second-order valence-corrected chi connectivity index (χ2v) is 13.5. The number of unbranched alkanes of at least 4 members (excludes halogenated alkanes) is 1. The fraction of sp³-hybridized carbons (Fsp3) is 1.00. The lowest BCUT2D eigenvalue weighted by Crippen LogP contribution is -2.40. The van der Waals surface area contributed by atoms with Gasteiger partial charge in [0.2, 0.25) is 0 Å². The fourth-order valence-electron chi connectivity index (χ4n) is 1.51. The van der Waals surface area contributed by atoms with Gasteiger partial charge in [-0.2, -0.15) is 0 Å². The molecule has 122 valence electrons. The van der Waals surface area contributed by atoms with Crippen LogP contribution in [0.3, 0.4) is 0 Å². The summed E-state index contributed by atoms with van der Waals surface area (Å²) in [7, 11) is -4.54. The van der Waals surface area contributed by atoms with Crippen LogP contribution in [0.25, 0.3) is 0 Å². The van der Waals surface area contributed by atoms with Gasteiger partial charge < -0.3 is 13.5 Å². The van der Waals surface area contributed by atoms with Crippen molar-refractivity contribution in [2.75, 3.05) is 26.0 Å². The molecule has 6 heteroatoms. The summed E-state index contributed by atoms with van der Waals surface area (Å²) in [6.07, 6.45) is 2.19.